The highest BCUT2D eigenvalue weighted by atomic mass is 35.5. The van der Waals surface area contributed by atoms with Crippen molar-refractivity contribution in [3.63, 3.8) is 0 Å². The molecular weight excluding hydrogens is 232 g/mol. The number of pyridine rings is 1. The Labute approximate surface area is 96.7 Å². The van der Waals surface area contributed by atoms with Crippen molar-refractivity contribution in [1.82, 2.24) is 9.97 Å². The van der Waals surface area contributed by atoms with Gasteiger partial charge < -0.3 is 4.74 Å². The van der Waals surface area contributed by atoms with Gasteiger partial charge in [-0.15, -0.1) is 22.9 Å². The fourth-order valence-corrected chi connectivity index (χ4v) is 2.22. The Bertz CT molecular complexity index is 458. The minimum absolute atomic E-state index is 0.486. The third kappa shape index (κ3) is 2.11. The Morgan fingerprint density at radius 2 is 2.33 bits per heavy atom. The average molecular weight is 241 g/mol. The summed E-state index contributed by atoms with van der Waals surface area (Å²) in [5, 5.41) is 0.885. The van der Waals surface area contributed by atoms with Gasteiger partial charge in [0.1, 0.15) is 5.01 Å². The molecule has 0 saturated carbocycles. The molecule has 2 rings (SSSR count). The van der Waals surface area contributed by atoms with Crippen LogP contribution < -0.4 is 4.74 Å². The number of hydrogen-bond acceptors (Lipinski definition) is 4. The van der Waals surface area contributed by atoms with E-state index < -0.39 is 0 Å². The fraction of sp³-hybridized carbons (Fsp3) is 0.200. The summed E-state index contributed by atoms with van der Waals surface area (Å²) in [7, 11) is 1.60. The molecule has 0 aliphatic carbocycles. The van der Waals surface area contributed by atoms with Gasteiger partial charge in [0.15, 0.2) is 0 Å². The molecule has 0 radical (unpaired) electrons. The van der Waals surface area contributed by atoms with Gasteiger partial charge in [-0.2, -0.15) is 0 Å². The van der Waals surface area contributed by atoms with Crippen molar-refractivity contribution in [3.8, 4) is 16.5 Å². The zero-order valence-electron chi connectivity index (χ0n) is 8.11. The summed E-state index contributed by atoms with van der Waals surface area (Å²) in [4.78, 5) is 9.44. The van der Waals surface area contributed by atoms with E-state index in [9.17, 15) is 0 Å². The molecule has 0 aliphatic heterocycles. The molecule has 2 heterocycles. The molecule has 0 bridgehead atoms. The molecule has 5 heteroatoms. The SMILES string of the molecule is COc1ncccc1-c1ncc(CCl)s1. The lowest BCUT2D eigenvalue weighted by Crippen LogP contribution is -1.89. The molecule has 2 aromatic heterocycles. The third-order valence-electron chi connectivity index (χ3n) is 1.88. The average Bonchev–Trinajstić information content (AvgIpc) is 2.77. The zero-order valence-corrected chi connectivity index (χ0v) is 9.68. The second kappa shape index (κ2) is 4.59. The zero-order chi connectivity index (χ0) is 10.7. The van der Waals surface area contributed by atoms with Gasteiger partial charge in [0.25, 0.3) is 0 Å². The van der Waals surface area contributed by atoms with E-state index in [-0.39, 0.29) is 0 Å². The molecule has 0 aromatic carbocycles. The van der Waals surface area contributed by atoms with Crippen LogP contribution in [0, 0.1) is 0 Å². The highest BCUT2D eigenvalue weighted by Crippen LogP contribution is 2.31. The van der Waals surface area contributed by atoms with Crippen molar-refractivity contribution < 1.29 is 4.74 Å². The molecule has 0 fully saturated rings. The van der Waals surface area contributed by atoms with E-state index in [4.69, 9.17) is 16.3 Å². The van der Waals surface area contributed by atoms with Gasteiger partial charge in [-0.3, -0.25) is 0 Å². The van der Waals surface area contributed by atoms with Gasteiger partial charge >= 0.3 is 0 Å². The number of halogens is 1. The van der Waals surface area contributed by atoms with Gasteiger partial charge in [0, 0.05) is 17.3 Å². The summed E-state index contributed by atoms with van der Waals surface area (Å²) in [6, 6.07) is 3.79. The fourth-order valence-electron chi connectivity index (χ4n) is 1.21. The summed E-state index contributed by atoms with van der Waals surface area (Å²) in [6.45, 7) is 0. The topological polar surface area (TPSA) is 35.0 Å². The molecule has 0 amide bonds. The van der Waals surface area contributed by atoms with Crippen LogP contribution in [-0.4, -0.2) is 17.1 Å². The molecule has 0 aliphatic rings. The molecular formula is C10H9ClN2OS. The molecule has 3 nitrogen and oxygen atoms in total. The van der Waals surface area contributed by atoms with E-state index in [1.54, 1.807) is 30.8 Å². The Kier molecular flexibility index (Phi) is 3.18. The summed E-state index contributed by atoms with van der Waals surface area (Å²) in [6.07, 6.45) is 3.47. The van der Waals surface area contributed by atoms with E-state index >= 15 is 0 Å². The number of ether oxygens (including phenoxy) is 1. The Balaban J connectivity index is 2.44. The summed E-state index contributed by atoms with van der Waals surface area (Å²) < 4.78 is 5.17. The number of nitrogens with zero attached hydrogens (tertiary/aromatic N) is 2. The maximum Gasteiger partial charge on any atom is 0.223 e. The molecule has 0 atom stereocenters. The van der Waals surface area contributed by atoms with Crippen molar-refractivity contribution in [2.75, 3.05) is 7.11 Å². The molecule has 2 aromatic rings. The number of hydrogen-bond donors (Lipinski definition) is 0. The van der Waals surface area contributed by atoms with Crippen molar-refractivity contribution in [3.05, 3.63) is 29.4 Å². The van der Waals surface area contributed by atoms with Crippen LogP contribution in [0.3, 0.4) is 0 Å². The maximum atomic E-state index is 5.72. The van der Waals surface area contributed by atoms with Gasteiger partial charge in [-0.1, -0.05) is 0 Å². The van der Waals surface area contributed by atoms with E-state index in [1.807, 2.05) is 12.1 Å². The second-order valence-corrected chi connectivity index (χ2v) is 4.21. The van der Waals surface area contributed by atoms with E-state index in [2.05, 4.69) is 9.97 Å². The summed E-state index contributed by atoms with van der Waals surface area (Å²) in [5.74, 6) is 1.08. The molecule has 15 heavy (non-hydrogen) atoms. The van der Waals surface area contributed by atoms with Crippen molar-refractivity contribution in [1.29, 1.82) is 0 Å². The smallest absolute Gasteiger partial charge is 0.223 e. The number of thiazole rings is 1. The molecule has 0 N–H and O–H groups in total. The predicted molar refractivity (Wildman–Crippen MR) is 61.5 cm³/mol. The standard InChI is InChI=1S/C10H9ClN2OS/c1-14-9-8(3-2-4-12-9)10-13-6-7(5-11)15-10/h2-4,6H,5H2,1H3. The number of methoxy groups -OCH3 is 1. The van der Waals surface area contributed by atoms with Crippen molar-refractivity contribution in [2.24, 2.45) is 0 Å². The molecule has 78 valence electrons. The van der Waals surface area contributed by atoms with Crippen LogP contribution in [0.5, 0.6) is 5.88 Å². The highest BCUT2D eigenvalue weighted by Gasteiger charge is 2.10. The second-order valence-electron chi connectivity index (χ2n) is 2.83. The van der Waals surface area contributed by atoms with Gasteiger partial charge in [0.05, 0.1) is 18.6 Å². The molecule has 0 saturated heterocycles. The van der Waals surface area contributed by atoms with E-state index in [1.165, 1.54) is 0 Å². The molecule has 0 spiro atoms. The van der Waals surface area contributed by atoms with Gasteiger partial charge in [-0.25, -0.2) is 9.97 Å². The minimum atomic E-state index is 0.486. The van der Waals surface area contributed by atoms with Crippen LogP contribution in [0.4, 0.5) is 0 Å². The van der Waals surface area contributed by atoms with Gasteiger partial charge in [-0.05, 0) is 12.1 Å². The molecule has 0 unspecified atom stereocenters. The predicted octanol–water partition coefficient (Wildman–Crippen LogP) is 2.95. The van der Waals surface area contributed by atoms with E-state index in [0.717, 1.165) is 15.4 Å². The first-order valence-electron chi connectivity index (χ1n) is 4.35. The van der Waals surface area contributed by atoms with Gasteiger partial charge in [0.2, 0.25) is 5.88 Å². The lowest BCUT2D eigenvalue weighted by Gasteiger charge is -2.02. The minimum Gasteiger partial charge on any atom is -0.480 e. The summed E-state index contributed by atoms with van der Waals surface area (Å²) in [5.41, 5.74) is 0.904. The van der Waals surface area contributed by atoms with Crippen molar-refractivity contribution in [2.45, 2.75) is 5.88 Å². The quantitative estimate of drug-likeness (QED) is 0.774. The largest absolute Gasteiger partial charge is 0.480 e. The Morgan fingerprint density at radius 3 is 3.00 bits per heavy atom. The van der Waals surface area contributed by atoms with Crippen LogP contribution in [0.25, 0.3) is 10.6 Å². The van der Waals surface area contributed by atoms with Crippen molar-refractivity contribution >= 4 is 22.9 Å². The Morgan fingerprint density at radius 1 is 1.47 bits per heavy atom. The lowest BCUT2D eigenvalue weighted by atomic mass is 10.3. The van der Waals surface area contributed by atoms with Crippen LogP contribution in [0.1, 0.15) is 4.88 Å². The number of rotatable bonds is 3. The van der Waals surface area contributed by atoms with Crippen LogP contribution in [0.2, 0.25) is 0 Å². The first kappa shape index (κ1) is 10.4. The third-order valence-corrected chi connectivity index (χ3v) is 3.36. The number of aromatic nitrogens is 2. The first-order chi connectivity index (χ1) is 7.35. The normalized spacial score (nSPS) is 10.3. The lowest BCUT2D eigenvalue weighted by molar-refractivity contribution is 0.399. The van der Waals surface area contributed by atoms with Crippen LogP contribution >= 0.6 is 22.9 Å². The highest BCUT2D eigenvalue weighted by molar-refractivity contribution is 7.15. The summed E-state index contributed by atoms with van der Waals surface area (Å²) >= 11 is 7.28. The Hall–Kier alpha value is -1.13. The first-order valence-corrected chi connectivity index (χ1v) is 5.70. The maximum absolute atomic E-state index is 5.72. The number of alkyl halides is 1. The van der Waals surface area contributed by atoms with Crippen LogP contribution in [0.15, 0.2) is 24.5 Å². The van der Waals surface area contributed by atoms with Crippen LogP contribution in [-0.2, 0) is 5.88 Å². The monoisotopic (exact) mass is 240 g/mol. The van der Waals surface area contributed by atoms with E-state index in [0.29, 0.717) is 11.8 Å².